The fraction of sp³-hybridized carbons (Fsp3) is 0.167. The third-order valence-corrected chi connectivity index (χ3v) is 5.04. The van der Waals surface area contributed by atoms with E-state index in [-0.39, 0.29) is 17.9 Å². The molecule has 2 aromatic heterocycles. The lowest BCUT2D eigenvalue weighted by Gasteiger charge is -2.25. The molecule has 3 heterocycles. The number of ketones is 1. The molecule has 1 amide bonds. The molecular formula is C24H21N3O4. The first-order chi connectivity index (χ1) is 15.1. The molecule has 1 aliphatic rings. The van der Waals surface area contributed by atoms with Gasteiger partial charge in [-0.1, -0.05) is 18.2 Å². The Morgan fingerprint density at radius 1 is 1.06 bits per heavy atom. The molecule has 1 N–H and O–H groups in total. The van der Waals surface area contributed by atoms with Crippen LogP contribution in [0.1, 0.15) is 29.8 Å². The van der Waals surface area contributed by atoms with Crippen LogP contribution >= 0.6 is 0 Å². The van der Waals surface area contributed by atoms with Crippen LogP contribution in [-0.2, 0) is 16.1 Å². The van der Waals surface area contributed by atoms with Crippen molar-refractivity contribution in [2.75, 3.05) is 6.61 Å². The summed E-state index contributed by atoms with van der Waals surface area (Å²) in [5.74, 6) is -1.10. The van der Waals surface area contributed by atoms with E-state index in [1.165, 1.54) is 4.90 Å². The molecule has 7 heteroatoms. The zero-order valence-electron chi connectivity index (χ0n) is 16.9. The summed E-state index contributed by atoms with van der Waals surface area (Å²) in [7, 11) is 0. The minimum atomic E-state index is -0.763. The highest BCUT2D eigenvalue weighted by Crippen LogP contribution is 2.40. The molecule has 0 radical (unpaired) electrons. The Labute approximate surface area is 179 Å². The molecule has 1 aliphatic heterocycles. The van der Waals surface area contributed by atoms with Gasteiger partial charge in [0.25, 0.3) is 11.7 Å². The monoisotopic (exact) mass is 415 g/mol. The van der Waals surface area contributed by atoms with E-state index >= 15 is 0 Å². The quantitative estimate of drug-likeness (QED) is 0.376. The van der Waals surface area contributed by atoms with E-state index in [4.69, 9.17) is 4.74 Å². The van der Waals surface area contributed by atoms with E-state index < -0.39 is 17.7 Å². The van der Waals surface area contributed by atoms with Crippen LogP contribution in [0.2, 0.25) is 0 Å². The molecule has 0 spiro atoms. The number of aliphatic hydroxyl groups excluding tert-OH is 1. The normalized spacial score (nSPS) is 17.7. The highest BCUT2D eigenvalue weighted by molar-refractivity contribution is 6.46. The summed E-state index contributed by atoms with van der Waals surface area (Å²) in [5, 5.41) is 11.1. The maximum Gasteiger partial charge on any atom is 0.296 e. The largest absolute Gasteiger partial charge is 0.507 e. The van der Waals surface area contributed by atoms with Crippen LogP contribution in [0.3, 0.4) is 0 Å². The van der Waals surface area contributed by atoms with Gasteiger partial charge in [0.1, 0.15) is 11.5 Å². The van der Waals surface area contributed by atoms with Gasteiger partial charge in [-0.2, -0.15) is 0 Å². The molecule has 156 valence electrons. The number of carbonyl (C=O) groups is 2. The number of hydrogen-bond acceptors (Lipinski definition) is 6. The second-order valence-corrected chi connectivity index (χ2v) is 6.99. The van der Waals surface area contributed by atoms with Gasteiger partial charge in [-0.05, 0) is 48.9 Å². The zero-order valence-corrected chi connectivity index (χ0v) is 16.9. The first kappa shape index (κ1) is 20.3. The van der Waals surface area contributed by atoms with Gasteiger partial charge in [0.15, 0.2) is 0 Å². The molecule has 0 bridgehead atoms. The van der Waals surface area contributed by atoms with E-state index in [0.717, 1.165) is 0 Å². The number of benzene rings is 1. The van der Waals surface area contributed by atoms with E-state index in [1.54, 1.807) is 67.1 Å². The zero-order chi connectivity index (χ0) is 21.8. The summed E-state index contributed by atoms with van der Waals surface area (Å²) in [6.45, 7) is 2.46. The number of Topliss-reactive ketones (excluding diaryl/α,β-unsaturated/α-hetero) is 1. The smallest absolute Gasteiger partial charge is 0.296 e. The highest BCUT2D eigenvalue weighted by atomic mass is 16.5. The van der Waals surface area contributed by atoms with E-state index in [9.17, 15) is 14.7 Å². The third kappa shape index (κ3) is 4.02. The summed E-state index contributed by atoms with van der Waals surface area (Å²) in [6.07, 6.45) is 4.81. The lowest BCUT2D eigenvalue weighted by Crippen LogP contribution is -2.29. The molecule has 31 heavy (non-hydrogen) atoms. The third-order valence-electron chi connectivity index (χ3n) is 5.04. The molecular weight excluding hydrogens is 394 g/mol. The van der Waals surface area contributed by atoms with Gasteiger partial charge in [-0.25, -0.2) is 0 Å². The number of ether oxygens (including phenoxy) is 1. The van der Waals surface area contributed by atoms with Crippen molar-refractivity contribution < 1.29 is 19.4 Å². The van der Waals surface area contributed by atoms with E-state index in [2.05, 4.69) is 9.97 Å². The second-order valence-electron chi connectivity index (χ2n) is 6.99. The topological polar surface area (TPSA) is 92.6 Å². The van der Waals surface area contributed by atoms with Crippen LogP contribution in [0, 0.1) is 0 Å². The van der Waals surface area contributed by atoms with Crippen molar-refractivity contribution in [3.05, 3.63) is 95.6 Å². The van der Waals surface area contributed by atoms with Crippen molar-refractivity contribution in [3.63, 3.8) is 0 Å². The summed E-state index contributed by atoms with van der Waals surface area (Å²) >= 11 is 0. The average molecular weight is 415 g/mol. The van der Waals surface area contributed by atoms with Gasteiger partial charge < -0.3 is 14.7 Å². The van der Waals surface area contributed by atoms with Crippen molar-refractivity contribution in [1.29, 1.82) is 0 Å². The number of aliphatic hydroxyl groups is 1. The second kappa shape index (κ2) is 8.79. The summed E-state index contributed by atoms with van der Waals surface area (Å²) < 4.78 is 5.51. The molecule has 3 aromatic rings. The van der Waals surface area contributed by atoms with Crippen LogP contribution < -0.4 is 4.74 Å². The predicted molar refractivity (Wildman–Crippen MR) is 114 cm³/mol. The molecule has 1 saturated heterocycles. The van der Waals surface area contributed by atoms with Gasteiger partial charge >= 0.3 is 0 Å². The van der Waals surface area contributed by atoms with Crippen molar-refractivity contribution in [1.82, 2.24) is 14.9 Å². The number of pyridine rings is 2. The number of rotatable bonds is 6. The molecule has 1 atom stereocenters. The van der Waals surface area contributed by atoms with Gasteiger partial charge in [0, 0.05) is 24.2 Å². The Bertz CT molecular complexity index is 1130. The Kier molecular flexibility index (Phi) is 5.75. The summed E-state index contributed by atoms with van der Waals surface area (Å²) in [5.41, 5.74) is 1.75. The molecule has 0 saturated carbocycles. The molecule has 1 unspecified atom stereocenters. The van der Waals surface area contributed by atoms with Crippen molar-refractivity contribution >= 4 is 17.4 Å². The van der Waals surface area contributed by atoms with Gasteiger partial charge in [-0.15, -0.1) is 0 Å². The Balaban J connectivity index is 1.83. The van der Waals surface area contributed by atoms with E-state index in [1.807, 2.05) is 13.0 Å². The first-order valence-corrected chi connectivity index (χ1v) is 9.91. The lowest BCUT2D eigenvalue weighted by atomic mass is 9.96. The molecule has 7 nitrogen and oxygen atoms in total. The van der Waals surface area contributed by atoms with Crippen LogP contribution in [0.15, 0.2) is 78.8 Å². The van der Waals surface area contributed by atoms with Crippen LogP contribution in [0.5, 0.6) is 5.75 Å². The Morgan fingerprint density at radius 2 is 1.87 bits per heavy atom. The van der Waals surface area contributed by atoms with Crippen molar-refractivity contribution in [2.24, 2.45) is 0 Å². The maximum absolute atomic E-state index is 13.0. The molecule has 0 aliphatic carbocycles. The molecule has 4 rings (SSSR count). The minimum Gasteiger partial charge on any atom is -0.507 e. The first-order valence-electron chi connectivity index (χ1n) is 9.91. The number of amides is 1. The van der Waals surface area contributed by atoms with Crippen LogP contribution in [-0.4, -0.2) is 38.3 Å². The Hall–Kier alpha value is -4.00. The maximum atomic E-state index is 13.0. The minimum absolute atomic E-state index is 0.0285. The number of nitrogens with zero attached hydrogens (tertiary/aromatic N) is 3. The number of likely N-dealkylation sites (tertiary alicyclic amines) is 1. The predicted octanol–water partition coefficient (Wildman–Crippen LogP) is 3.50. The molecule has 1 fully saturated rings. The van der Waals surface area contributed by atoms with Gasteiger partial charge in [0.05, 0.1) is 30.5 Å². The highest BCUT2D eigenvalue weighted by Gasteiger charge is 2.46. The summed E-state index contributed by atoms with van der Waals surface area (Å²) in [4.78, 5) is 35.7. The summed E-state index contributed by atoms with van der Waals surface area (Å²) in [6, 6.07) is 14.9. The van der Waals surface area contributed by atoms with Crippen LogP contribution in [0.25, 0.3) is 5.76 Å². The van der Waals surface area contributed by atoms with Crippen molar-refractivity contribution in [2.45, 2.75) is 19.5 Å². The number of carbonyl (C=O) groups excluding carboxylic acids is 2. The fourth-order valence-electron chi connectivity index (χ4n) is 3.66. The van der Waals surface area contributed by atoms with Crippen molar-refractivity contribution in [3.8, 4) is 5.75 Å². The van der Waals surface area contributed by atoms with E-state index in [0.29, 0.717) is 29.2 Å². The van der Waals surface area contributed by atoms with Gasteiger partial charge in [-0.3, -0.25) is 19.6 Å². The average Bonchev–Trinajstić information content (AvgIpc) is 3.05. The Morgan fingerprint density at radius 3 is 2.58 bits per heavy atom. The standard InChI is InChI=1S/C24H21N3O4/c1-2-31-19-8-5-6-17(14-19)22(28)20-21(16-9-12-25-13-10-16)27(24(30)23(20)29)15-18-7-3-4-11-26-18/h3-14,21,28H,2,15H2,1H3/b22-20-. The SMILES string of the molecule is CCOc1cccc(/C(O)=C2/C(=O)C(=O)N(Cc3ccccn3)C2c2ccncc2)c1. The molecule has 1 aromatic carbocycles. The van der Waals surface area contributed by atoms with Crippen LogP contribution in [0.4, 0.5) is 0 Å². The number of hydrogen-bond donors (Lipinski definition) is 1. The van der Waals surface area contributed by atoms with Gasteiger partial charge in [0.2, 0.25) is 0 Å². The fourth-order valence-corrected chi connectivity index (χ4v) is 3.66. The lowest BCUT2D eigenvalue weighted by molar-refractivity contribution is -0.140. The number of aromatic nitrogens is 2.